The molecule has 2 N–H and O–H groups in total. The van der Waals surface area contributed by atoms with E-state index in [0.717, 1.165) is 22.4 Å². The number of imidazole rings is 1. The molecule has 0 saturated heterocycles. The zero-order valence-corrected chi connectivity index (χ0v) is 14.4. The number of rotatable bonds is 6. The second kappa shape index (κ2) is 6.62. The molecule has 0 aliphatic carbocycles. The third-order valence-corrected chi connectivity index (χ3v) is 5.18. The van der Waals surface area contributed by atoms with Crippen molar-refractivity contribution in [1.82, 2.24) is 14.7 Å². The van der Waals surface area contributed by atoms with Crippen LogP contribution in [0.5, 0.6) is 5.75 Å². The SMILES string of the molecule is COc1ccc(C)cc1S(=O)(=O)NCCc1nc2ccccc2[nH]1. The van der Waals surface area contributed by atoms with Crippen LogP contribution in [-0.2, 0) is 16.4 Å². The largest absolute Gasteiger partial charge is 0.495 e. The van der Waals surface area contributed by atoms with E-state index in [9.17, 15) is 8.42 Å². The van der Waals surface area contributed by atoms with Crippen LogP contribution in [0.4, 0.5) is 0 Å². The molecular formula is C17H19N3O3S. The Kier molecular flexibility index (Phi) is 4.55. The summed E-state index contributed by atoms with van der Waals surface area (Å²) in [5.41, 5.74) is 2.67. The lowest BCUT2D eigenvalue weighted by atomic mass is 10.2. The minimum Gasteiger partial charge on any atom is -0.495 e. The van der Waals surface area contributed by atoms with Gasteiger partial charge in [-0.2, -0.15) is 0 Å². The maximum absolute atomic E-state index is 12.5. The molecular weight excluding hydrogens is 326 g/mol. The van der Waals surface area contributed by atoms with Gasteiger partial charge >= 0.3 is 0 Å². The van der Waals surface area contributed by atoms with Gasteiger partial charge in [0.2, 0.25) is 10.0 Å². The Hall–Kier alpha value is -2.38. The number of para-hydroxylation sites is 2. The van der Waals surface area contributed by atoms with E-state index >= 15 is 0 Å². The molecule has 0 fully saturated rings. The van der Waals surface area contributed by atoms with E-state index in [1.54, 1.807) is 12.1 Å². The molecule has 6 nitrogen and oxygen atoms in total. The minimum atomic E-state index is -3.64. The van der Waals surface area contributed by atoms with Gasteiger partial charge in [0.05, 0.1) is 18.1 Å². The van der Waals surface area contributed by atoms with Crippen LogP contribution in [0.25, 0.3) is 11.0 Å². The summed E-state index contributed by atoms with van der Waals surface area (Å²) in [6, 6.07) is 12.8. The first-order valence-corrected chi connectivity index (χ1v) is 9.06. The third-order valence-electron chi connectivity index (χ3n) is 3.70. The number of H-pyrrole nitrogens is 1. The molecule has 1 aromatic heterocycles. The summed E-state index contributed by atoms with van der Waals surface area (Å²) in [5, 5.41) is 0. The molecule has 0 saturated carbocycles. The summed E-state index contributed by atoms with van der Waals surface area (Å²) < 4.78 is 32.8. The van der Waals surface area contributed by atoms with Crippen molar-refractivity contribution in [3.63, 3.8) is 0 Å². The molecule has 126 valence electrons. The van der Waals surface area contributed by atoms with Gasteiger partial charge in [0.25, 0.3) is 0 Å². The summed E-state index contributed by atoms with van der Waals surface area (Å²) in [7, 11) is -2.19. The summed E-state index contributed by atoms with van der Waals surface area (Å²) in [5.74, 6) is 1.08. The first kappa shape index (κ1) is 16.5. The Bertz CT molecular complexity index is 931. The third kappa shape index (κ3) is 3.42. The molecule has 0 aliphatic heterocycles. The van der Waals surface area contributed by atoms with Crippen molar-refractivity contribution in [2.24, 2.45) is 0 Å². The van der Waals surface area contributed by atoms with Gasteiger partial charge in [-0.05, 0) is 36.8 Å². The Balaban J connectivity index is 1.72. The van der Waals surface area contributed by atoms with Crippen molar-refractivity contribution in [3.8, 4) is 5.75 Å². The van der Waals surface area contributed by atoms with Crippen LogP contribution in [0.2, 0.25) is 0 Å². The van der Waals surface area contributed by atoms with Crippen LogP contribution in [0.15, 0.2) is 47.4 Å². The van der Waals surface area contributed by atoms with Crippen LogP contribution < -0.4 is 9.46 Å². The number of methoxy groups -OCH3 is 1. The first-order valence-electron chi connectivity index (χ1n) is 7.57. The lowest BCUT2D eigenvalue weighted by Gasteiger charge is -2.11. The van der Waals surface area contributed by atoms with Gasteiger partial charge in [-0.1, -0.05) is 18.2 Å². The number of fused-ring (bicyclic) bond motifs is 1. The predicted octanol–water partition coefficient (Wildman–Crippen LogP) is 2.40. The summed E-state index contributed by atoms with van der Waals surface area (Å²) in [6.45, 7) is 2.09. The Morgan fingerprint density at radius 1 is 1.21 bits per heavy atom. The summed E-state index contributed by atoms with van der Waals surface area (Å²) in [4.78, 5) is 7.77. The molecule has 7 heteroatoms. The maximum atomic E-state index is 12.5. The first-order chi connectivity index (χ1) is 11.5. The topological polar surface area (TPSA) is 84.1 Å². The average molecular weight is 345 g/mol. The van der Waals surface area contributed by atoms with Crippen LogP contribution in [0, 0.1) is 6.92 Å². The van der Waals surface area contributed by atoms with Crippen molar-refractivity contribution < 1.29 is 13.2 Å². The molecule has 0 unspecified atom stereocenters. The quantitative estimate of drug-likeness (QED) is 0.718. The normalized spacial score (nSPS) is 11.8. The van der Waals surface area contributed by atoms with Gasteiger partial charge in [0.15, 0.2) is 0 Å². The highest BCUT2D eigenvalue weighted by Crippen LogP contribution is 2.24. The molecule has 0 atom stereocenters. The predicted molar refractivity (Wildman–Crippen MR) is 92.7 cm³/mol. The molecule has 24 heavy (non-hydrogen) atoms. The van der Waals surface area contributed by atoms with Gasteiger partial charge in [0.1, 0.15) is 16.5 Å². The fourth-order valence-corrected chi connectivity index (χ4v) is 3.78. The second-order valence-electron chi connectivity index (χ2n) is 5.50. The smallest absolute Gasteiger partial charge is 0.244 e. The lowest BCUT2D eigenvalue weighted by Crippen LogP contribution is -2.26. The van der Waals surface area contributed by atoms with Crippen molar-refractivity contribution in [1.29, 1.82) is 0 Å². The van der Waals surface area contributed by atoms with E-state index in [0.29, 0.717) is 12.2 Å². The number of sulfonamides is 1. The van der Waals surface area contributed by atoms with Crippen molar-refractivity contribution >= 4 is 21.1 Å². The molecule has 3 rings (SSSR count). The number of hydrogen-bond acceptors (Lipinski definition) is 4. The minimum absolute atomic E-state index is 0.148. The molecule has 1 heterocycles. The van der Waals surface area contributed by atoms with Crippen molar-refractivity contribution in [3.05, 3.63) is 53.9 Å². The van der Waals surface area contributed by atoms with Crippen molar-refractivity contribution in [2.75, 3.05) is 13.7 Å². The monoisotopic (exact) mass is 345 g/mol. The second-order valence-corrected chi connectivity index (χ2v) is 7.24. The Morgan fingerprint density at radius 2 is 2.00 bits per heavy atom. The van der Waals surface area contributed by atoms with Gasteiger partial charge < -0.3 is 9.72 Å². The van der Waals surface area contributed by atoms with Crippen LogP contribution in [0.3, 0.4) is 0 Å². The van der Waals surface area contributed by atoms with E-state index in [2.05, 4.69) is 14.7 Å². The molecule has 0 amide bonds. The summed E-state index contributed by atoms with van der Waals surface area (Å²) >= 11 is 0. The Morgan fingerprint density at radius 3 is 2.75 bits per heavy atom. The number of nitrogens with one attached hydrogen (secondary N) is 2. The van der Waals surface area contributed by atoms with E-state index in [-0.39, 0.29) is 11.4 Å². The number of hydrogen-bond donors (Lipinski definition) is 2. The van der Waals surface area contributed by atoms with Crippen LogP contribution >= 0.6 is 0 Å². The number of aromatic nitrogens is 2. The highest BCUT2D eigenvalue weighted by atomic mass is 32.2. The van der Waals surface area contributed by atoms with E-state index in [1.165, 1.54) is 7.11 Å². The Labute approximate surface area is 140 Å². The number of aromatic amines is 1. The zero-order valence-electron chi connectivity index (χ0n) is 13.5. The fourth-order valence-electron chi connectivity index (χ4n) is 2.50. The van der Waals surface area contributed by atoms with E-state index in [1.807, 2.05) is 37.3 Å². The highest BCUT2D eigenvalue weighted by molar-refractivity contribution is 7.89. The molecule has 0 radical (unpaired) electrons. The molecule has 0 bridgehead atoms. The van der Waals surface area contributed by atoms with Gasteiger partial charge in [-0.3, -0.25) is 0 Å². The fraction of sp³-hybridized carbons (Fsp3) is 0.235. The van der Waals surface area contributed by atoms with E-state index < -0.39 is 10.0 Å². The van der Waals surface area contributed by atoms with E-state index in [4.69, 9.17) is 4.74 Å². The van der Waals surface area contributed by atoms with Crippen molar-refractivity contribution in [2.45, 2.75) is 18.2 Å². The maximum Gasteiger partial charge on any atom is 0.244 e. The number of nitrogens with zero attached hydrogens (tertiary/aromatic N) is 1. The average Bonchev–Trinajstić information content (AvgIpc) is 2.97. The molecule has 2 aromatic carbocycles. The molecule has 3 aromatic rings. The zero-order chi connectivity index (χ0) is 17.2. The lowest BCUT2D eigenvalue weighted by molar-refractivity contribution is 0.402. The van der Waals surface area contributed by atoms with Crippen LogP contribution in [0.1, 0.15) is 11.4 Å². The van der Waals surface area contributed by atoms with Gasteiger partial charge in [-0.25, -0.2) is 18.1 Å². The summed E-state index contributed by atoms with van der Waals surface area (Å²) in [6.07, 6.45) is 0.474. The van der Waals surface area contributed by atoms with Gasteiger partial charge in [-0.15, -0.1) is 0 Å². The molecule has 0 aliphatic rings. The van der Waals surface area contributed by atoms with Crippen LogP contribution in [-0.4, -0.2) is 32.0 Å². The number of aryl methyl sites for hydroxylation is 1. The van der Waals surface area contributed by atoms with Gasteiger partial charge in [0, 0.05) is 13.0 Å². The number of ether oxygens (including phenoxy) is 1. The number of benzene rings is 2. The molecule has 0 spiro atoms. The standard InChI is InChI=1S/C17H19N3O3S/c1-12-7-8-15(23-2)16(11-12)24(21,22)18-10-9-17-19-13-5-3-4-6-14(13)20-17/h3-8,11,18H,9-10H2,1-2H3,(H,19,20). The highest BCUT2D eigenvalue weighted by Gasteiger charge is 2.19.